The predicted octanol–water partition coefficient (Wildman–Crippen LogP) is -1.38. The number of ether oxygens (including phenoxy) is 6. The molecule has 1 fully saturated rings. The summed E-state index contributed by atoms with van der Waals surface area (Å²) in [6.07, 6.45) is -6.85. The van der Waals surface area contributed by atoms with Gasteiger partial charge in [0, 0.05) is 27.7 Å². The number of hydrogen-bond acceptors (Lipinski definition) is 13. The van der Waals surface area contributed by atoms with E-state index in [1.165, 1.54) is 0 Å². The standard InChI is InChI=1S/C21H30NO11.C2HF3O2/c1-8-9-22(6,7)10-17(27)28-11-16-18(29-12(2)23)19(30-13(3)24)20(31-14(4)25)21(33-16)32-15(5)26;3-2(4,5)1(6)7/h1,16,18-21H,9-11H2,2-7H3;(H,6,7)/q+1;/p-1/t16-,18-,19+,20-,21?;/m1./s1. The van der Waals surface area contributed by atoms with Crippen LogP contribution in [0.5, 0.6) is 0 Å². The SMILES string of the molecule is C#CC[N+](C)(C)CC(=O)OC[C@H]1OC(OC(C)=O)[C@H](OC(C)=O)[C@@H](OC(C)=O)[C@@H]1OC(C)=O.O=C([O-])C(F)(F)F. The normalized spacial score (nSPS) is 22.2. The number of carbonyl (C=O) groups is 6. The number of aliphatic carboxylic acids is 1. The molecule has 17 heteroatoms. The van der Waals surface area contributed by atoms with Crippen molar-refractivity contribution in [1.29, 1.82) is 0 Å². The van der Waals surface area contributed by atoms with Crippen LogP contribution in [-0.2, 0) is 57.2 Å². The van der Waals surface area contributed by atoms with Crippen LogP contribution in [0.1, 0.15) is 27.7 Å². The van der Waals surface area contributed by atoms with Gasteiger partial charge < -0.3 is 42.8 Å². The first-order valence-electron chi connectivity index (χ1n) is 11.2. The summed E-state index contributed by atoms with van der Waals surface area (Å²) in [6, 6.07) is 0. The summed E-state index contributed by atoms with van der Waals surface area (Å²) in [7, 11) is 3.47. The quantitative estimate of drug-likeness (QED) is 0.134. The van der Waals surface area contributed by atoms with Gasteiger partial charge in [-0.1, -0.05) is 0 Å². The van der Waals surface area contributed by atoms with Gasteiger partial charge in [0.15, 0.2) is 18.8 Å². The third-order valence-electron chi connectivity index (χ3n) is 4.50. The number of halogens is 3. The molecule has 226 valence electrons. The van der Waals surface area contributed by atoms with Crippen LogP contribution in [0, 0.1) is 12.3 Å². The number of hydrogen-bond donors (Lipinski definition) is 0. The van der Waals surface area contributed by atoms with E-state index >= 15 is 0 Å². The summed E-state index contributed by atoms with van der Waals surface area (Å²) in [5.74, 6) is -4.31. The monoisotopic (exact) mass is 585 g/mol. The first-order chi connectivity index (χ1) is 18.2. The van der Waals surface area contributed by atoms with E-state index in [-0.39, 0.29) is 17.6 Å². The highest BCUT2D eigenvalue weighted by Crippen LogP contribution is 2.30. The third kappa shape index (κ3) is 13.8. The molecule has 0 radical (unpaired) electrons. The first kappa shape index (κ1) is 36.1. The summed E-state index contributed by atoms with van der Waals surface area (Å²) in [4.78, 5) is 67.8. The second-order valence-corrected chi connectivity index (χ2v) is 8.80. The lowest BCUT2D eigenvalue weighted by molar-refractivity contribution is -0.875. The Labute approximate surface area is 227 Å². The third-order valence-corrected chi connectivity index (χ3v) is 4.50. The molecule has 0 aliphatic carbocycles. The van der Waals surface area contributed by atoms with E-state index in [2.05, 4.69) is 5.92 Å². The van der Waals surface area contributed by atoms with Crippen LogP contribution >= 0.6 is 0 Å². The maximum atomic E-state index is 12.3. The Morgan fingerprint density at radius 3 is 1.68 bits per heavy atom. The number of quaternary nitrogens is 1. The van der Waals surface area contributed by atoms with Gasteiger partial charge in [-0.2, -0.15) is 13.2 Å². The van der Waals surface area contributed by atoms with Crippen molar-refractivity contribution in [3.63, 3.8) is 0 Å². The zero-order chi connectivity index (χ0) is 31.4. The molecule has 40 heavy (non-hydrogen) atoms. The summed E-state index contributed by atoms with van der Waals surface area (Å²) in [5.41, 5.74) is 0. The average Bonchev–Trinajstić information content (AvgIpc) is 2.74. The second-order valence-electron chi connectivity index (χ2n) is 8.80. The molecule has 1 aliphatic heterocycles. The molecule has 1 unspecified atom stereocenters. The van der Waals surface area contributed by atoms with Crippen LogP contribution < -0.4 is 5.11 Å². The Hall–Kier alpha value is -3.91. The van der Waals surface area contributed by atoms with Gasteiger partial charge in [-0.05, 0) is 5.92 Å². The van der Waals surface area contributed by atoms with E-state index in [0.717, 1.165) is 27.7 Å². The van der Waals surface area contributed by atoms with Gasteiger partial charge >= 0.3 is 36.0 Å². The Balaban J connectivity index is 0.00000191. The zero-order valence-electron chi connectivity index (χ0n) is 22.5. The number of carbonyl (C=O) groups excluding carboxylic acids is 6. The van der Waals surface area contributed by atoms with Gasteiger partial charge in [-0.3, -0.25) is 19.2 Å². The molecule has 0 aromatic heterocycles. The van der Waals surface area contributed by atoms with Crippen molar-refractivity contribution in [2.75, 3.05) is 33.8 Å². The van der Waals surface area contributed by atoms with Crippen molar-refractivity contribution in [3.05, 3.63) is 0 Å². The molecule has 1 saturated heterocycles. The van der Waals surface area contributed by atoms with Gasteiger partial charge in [0.25, 0.3) is 0 Å². The number of carboxylic acids is 1. The van der Waals surface area contributed by atoms with Gasteiger partial charge in [0.05, 0.1) is 14.1 Å². The molecule has 14 nitrogen and oxygen atoms in total. The predicted molar refractivity (Wildman–Crippen MR) is 120 cm³/mol. The molecule has 0 aromatic carbocycles. The largest absolute Gasteiger partial charge is 0.542 e. The van der Waals surface area contributed by atoms with Crippen molar-refractivity contribution in [3.8, 4) is 12.3 Å². The summed E-state index contributed by atoms with van der Waals surface area (Å²) in [5, 5.41) is 8.78. The minimum Gasteiger partial charge on any atom is -0.542 e. The zero-order valence-corrected chi connectivity index (χ0v) is 22.5. The topological polar surface area (TPSA) is 181 Å². The highest BCUT2D eigenvalue weighted by molar-refractivity contribution is 5.71. The van der Waals surface area contributed by atoms with Crippen LogP contribution in [-0.4, -0.2) is 111 Å². The number of likely N-dealkylation sites (N-methyl/N-ethyl adjacent to an activating group) is 1. The van der Waals surface area contributed by atoms with Gasteiger partial charge in [0.1, 0.15) is 25.2 Å². The highest BCUT2D eigenvalue weighted by atomic mass is 19.4. The van der Waals surface area contributed by atoms with Crippen molar-refractivity contribution in [2.45, 2.75) is 64.6 Å². The first-order valence-corrected chi connectivity index (χ1v) is 11.2. The van der Waals surface area contributed by atoms with E-state index in [1.807, 2.05) is 0 Å². The number of esters is 5. The molecular formula is C23H30F3NO13. The fourth-order valence-electron chi connectivity index (χ4n) is 3.12. The summed E-state index contributed by atoms with van der Waals surface area (Å²) >= 11 is 0. The van der Waals surface area contributed by atoms with Crippen LogP contribution in [0.15, 0.2) is 0 Å². The Kier molecular flexibility index (Phi) is 14.1. The van der Waals surface area contributed by atoms with Crippen LogP contribution in [0.3, 0.4) is 0 Å². The Morgan fingerprint density at radius 1 is 0.850 bits per heavy atom. The fourth-order valence-corrected chi connectivity index (χ4v) is 3.12. The van der Waals surface area contributed by atoms with Gasteiger partial charge in [-0.15, -0.1) is 6.42 Å². The number of nitrogens with zero attached hydrogens (tertiary/aromatic N) is 1. The van der Waals surface area contributed by atoms with E-state index in [4.69, 9.17) is 44.7 Å². The maximum Gasteiger partial charge on any atom is 0.430 e. The number of rotatable bonds is 9. The molecule has 0 aromatic rings. The van der Waals surface area contributed by atoms with Crippen LogP contribution in [0.2, 0.25) is 0 Å². The molecular weight excluding hydrogens is 555 g/mol. The van der Waals surface area contributed by atoms with Crippen molar-refractivity contribution in [2.24, 2.45) is 0 Å². The smallest absolute Gasteiger partial charge is 0.430 e. The molecule has 1 aliphatic rings. The molecule has 0 bridgehead atoms. The maximum absolute atomic E-state index is 12.3. The van der Waals surface area contributed by atoms with Crippen molar-refractivity contribution >= 4 is 35.8 Å². The van der Waals surface area contributed by atoms with E-state index in [9.17, 15) is 37.1 Å². The molecule has 0 spiro atoms. The van der Waals surface area contributed by atoms with E-state index < -0.39 is 79.3 Å². The lowest BCUT2D eigenvalue weighted by Gasteiger charge is -2.43. The summed E-state index contributed by atoms with van der Waals surface area (Å²) < 4.78 is 63.4. The second kappa shape index (κ2) is 15.6. The number of carboxylic acid groups (broad SMARTS) is 1. The van der Waals surface area contributed by atoms with Gasteiger partial charge in [-0.25, -0.2) is 4.79 Å². The minimum atomic E-state index is -5.19. The van der Waals surface area contributed by atoms with E-state index in [1.54, 1.807) is 14.1 Å². The lowest BCUT2D eigenvalue weighted by atomic mass is 9.98. The molecule has 1 heterocycles. The highest BCUT2D eigenvalue weighted by Gasteiger charge is 2.53. The lowest BCUT2D eigenvalue weighted by Crippen LogP contribution is -2.63. The Morgan fingerprint density at radius 2 is 1.27 bits per heavy atom. The molecule has 5 atom stereocenters. The van der Waals surface area contributed by atoms with Crippen LogP contribution in [0.25, 0.3) is 0 Å². The Bertz CT molecular complexity index is 989. The molecule has 1 rings (SSSR count). The average molecular weight is 585 g/mol. The molecule has 0 amide bonds. The number of terminal acetylenes is 1. The minimum absolute atomic E-state index is 0.0635. The molecule has 0 saturated carbocycles. The summed E-state index contributed by atoms with van der Waals surface area (Å²) in [6.45, 7) is 4.13. The fraction of sp³-hybridized carbons (Fsp3) is 0.652. The van der Waals surface area contributed by atoms with E-state index in [0.29, 0.717) is 0 Å². The van der Waals surface area contributed by atoms with Crippen molar-refractivity contribution < 1.29 is 79.9 Å². The number of alkyl halides is 3. The molecule has 0 N–H and O–H groups in total. The van der Waals surface area contributed by atoms with Crippen molar-refractivity contribution in [1.82, 2.24) is 0 Å². The van der Waals surface area contributed by atoms with Crippen LogP contribution in [0.4, 0.5) is 13.2 Å². The van der Waals surface area contributed by atoms with Gasteiger partial charge in [0.2, 0.25) is 12.4 Å².